The maximum absolute atomic E-state index is 12.9. The van der Waals surface area contributed by atoms with Gasteiger partial charge in [0.1, 0.15) is 11.8 Å². The second-order valence-corrected chi connectivity index (χ2v) is 8.05. The minimum absolute atomic E-state index is 0.370. The second-order valence-electron chi connectivity index (χ2n) is 8.05. The van der Waals surface area contributed by atoms with E-state index in [0.717, 1.165) is 36.1 Å². The van der Waals surface area contributed by atoms with E-state index in [1.165, 1.54) is 5.01 Å². The van der Waals surface area contributed by atoms with Gasteiger partial charge in [-0.15, -0.1) is 0 Å². The molecule has 1 aliphatic heterocycles. The van der Waals surface area contributed by atoms with Crippen LogP contribution in [0.4, 0.5) is 0 Å². The second kappa shape index (κ2) is 8.44. The number of hydrogen-bond acceptors (Lipinski definition) is 6. The van der Waals surface area contributed by atoms with Gasteiger partial charge in [-0.05, 0) is 50.3 Å². The van der Waals surface area contributed by atoms with E-state index in [0.29, 0.717) is 25.0 Å². The van der Waals surface area contributed by atoms with Crippen molar-refractivity contribution in [1.82, 2.24) is 5.01 Å². The Balaban J connectivity index is 1.49. The molecule has 0 saturated heterocycles. The molecule has 1 aromatic heterocycles. The highest BCUT2D eigenvalue weighted by molar-refractivity contribution is 6.03. The lowest BCUT2D eigenvalue weighted by molar-refractivity contribution is -0.172. The van der Waals surface area contributed by atoms with Crippen molar-refractivity contribution in [3.8, 4) is 0 Å². The molecule has 1 N–H and O–H groups in total. The Bertz CT molecular complexity index is 927. The lowest BCUT2D eigenvalue weighted by Crippen LogP contribution is -2.43. The molecule has 1 aliphatic carbocycles. The average molecular weight is 410 g/mol. The summed E-state index contributed by atoms with van der Waals surface area (Å²) in [6.45, 7) is 1.54. The zero-order valence-corrected chi connectivity index (χ0v) is 17.0. The first-order valence-corrected chi connectivity index (χ1v) is 10.4. The van der Waals surface area contributed by atoms with Crippen LogP contribution in [0.2, 0.25) is 0 Å². The zero-order chi connectivity index (χ0) is 21.1. The number of furan rings is 1. The molecule has 0 spiro atoms. The van der Waals surface area contributed by atoms with Crippen LogP contribution >= 0.6 is 0 Å². The fourth-order valence-corrected chi connectivity index (χ4v) is 4.03. The molecule has 7 nitrogen and oxygen atoms in total. The molecule has 1 fully saturated rings. The molecule has 0 bridgehead atoms. The summed E-state index contributed by atoms with van der Waals surface area (Å²) in [4.78, 5) is 25.3. The molecule has 1 saturated carbocycles. The van der Waals surface area contributed by atoms with Crippen molar-refractivity contribution >= 4 is 17.6 Å². The minimum Gasteiger partial charge on any atom is -0.467 e. The Morgan fingerprint density at radius 3 is 2.60 bits per heavy atom. The zero-order valence-electron chi connectivity index (χ0n) is 17.0. The van der Waals surface area contributed by atoms with E-state index in [2.05, 4.69) is 5.10 Å². The van der Waals surface area contributed by atoms with Gasteiger partial charge in [0.15, 0.2) is 12.2 Å². The van der Waals surface area contributed by atoms with Crippen LogP contribution in [0, 0.1) is 6.92 Å². The predicted molar refractivity (Wildman–Crippen MR) is 110 cm³/mol. The summed E-state index contributed by atoms with van der Waals surface area (Å²) in [5.41, 5.74) is 1.35. The Kier molecular flexibility index (Phi) is 5.72. The van der Waals surface area contributed by atoms with Gasteiger partial charge >= 0.3 is 5.97 Å². The number of nitrogens with zero attached hydrogens (tertiary/aromatic N) is 2. The normalized spacial score (nSPS) is 20.7. The van der Waals surface area contributed by atoms with E-state index in [9.17, 15) is 14.7 Å². The SMILES string of the molecule is Cc1ccc(C2=NN(C(=O)COC(=O)C3(O)CCCCC3)C(c3ccco3)C2)cc1. The summed E-state index contributed by atoms with van der Waals surface area (Å²) in [5.74, 6) is -0.565. The molecule has 30 heavy (non-hydrogen) atoms. The summed E-state index contributed by atoms with van der Waals surface area (Å²) in [7, 11) is 0. The van der Waals surface area contributed by atoms with E-state index >= 15 is 0 Å². The molecular weight excluding hydrogens is 384 g/mol. The molecule has 0 radical (unpaired) electrons. The summed E-state index contributed by atoms with van der Waals surface area (Å²) >= 11 is 0. The highest BCUT2D eigenvalue weighted by Gasteiger charge is 2.40. The summed E-state index contributed by atoms with van der Waals surface area (Å²) in [6.07, 6.45) is 5.33. The average Bonchev–Trinajstić information content (AvgIpc) is 3.42. The van der Waals surface area contributed by atoms with E-state index in [4.69, 9.17) is 9.15 Å². The van der Waals surface area contributed by atoms with Crippen LogP contribution in [0.25, 0.3) is 0 Å². The first-order valence-electron chi connectivity index (χ1n) is 10.4. The lowest BCUT2D eigenvalue weighted by Gasteiger charge is -2.29. The van der Waals surface area contributed by atoms with Crippen molar-refractivity contribution in [3.63, 3.8) is 0 Å². The number of amides is 1. The van der Waals surface area contributed by atoms with Crippen LogP contribution in [0.5, 0.6) is 0 Å². The number of ether oxygens (including phenoxy) is 1. The van der Waals surface area contributed by atoms with Gasteiger partial charge in [-0.3, -0.25) is 4.79 Å². The number of carbonyl (C=O) groups is 2. The lowest BCUT2D eigenvalue weighted by atomic mass is 9.85. The largest absolute Gasteiger partial charge is 0.467 e. The van der Waals surface area contributed by atoms with Gasteiger partial charge in [0.05, 0.1) is 12.0 Å². The third kappa shape index (κ3) is 4.16. The highest BCUT2D eigenvalue weighted by Crippen LogP contribution is 2.33. The van der Waals surface area contributed by atoms with Gasteiger partial charge in [0, 0.05) is 6.42 Å². The standard InChI is InChI=1S/C23H26N2O5/c1-16-7-9-17(10-8-16)18-14-19(20-6-5-13-29-20)25(24-18)21(26)15-30-22(27)23(28)11-3-2-4-12-23/h5-10,13,19,28H,2-4,11-12,14-15H2,1H3. The van der Waals surface area contributed by atoms with Gasteiger partial charge in [-0.25, -0.2) is 9.80 Å². The molecule has 1 unspecified atom stereocenters. The van der Waals surface area contributed by atoms with Crippen molar-refractivity contribution in [3.05, 3.63) is 59.5 Å². The number of benzene rings is 1. The van der Waals surface area contributed by atoms with Crippen molar-refractivity contribution in [1.29, 1.82) is 0 Å². The molecule has 1 amide bonds. The van der Waals surface area contributed by atoms with Crippen LogP contribution in [-0.2, 0) is 14.3 Å². The van der Waals surface area contributed by atoms with Gasteiger partial charge in [-0.2, -0.15) is 5.10 Å². The topological polar surface area (TPSA) is 92.3 Å². The summed E-state index contributed by atoms with van der Waals surface area (Å²) < 4.78 is 10.7. The van der Waals surface area contributed by atoms with E-state index in [1.54, 1.807) is 18.4 Å². The number of hydrogen-bond donors (Lipinski definition) is 1. The van der Waals surface area contributed by atoms with Crippen molar-refractivity contribution in [2.24, 2.45) is 5.10 Å². The molecule has 2 aromatic rings. The third-order valence-electron chi connectivity index (χ3n) is 5.81. The molecule has 4 rings (SSSR count). The number of rotatable bonds is 5. The van der Waals surface area contributed by atoms with Crippen molar-refractivity contribution in [2.75, 3.05) is 6.61 Å². The van der Waals surface area contributed by atoms with Crippen LogP contribution in [0.1, 0.15) is 61.5 Å². The van der Waals surface area contributed by atoms with Crippen LogP contribution in [0.15, 0.2) is 52.2 Å². The highest BCUT2D eigenvalue weighted by atomic mass is 16.6. The summed E-state index contributed by atoms with van der Waals surface area (Å²) in [5, 5.41) is 16.3. The summed E-state index contributed by atoms with van der Waals surface area (Å²) in [6, 6.07) is 11.1. The molecule has 7 heteroatoms. The Morgan fingerprint density at radius 1 is 1.20 bits per heavy atom. The number of aryl methyl sites for hydroxylation is 1. The van der Waals surface area contributed by atoms with Crippen LogP contribution in [0.3, 0.4) is 0 Å². The number of aliphatic hydroxyl groups is 1. The maximum Gasteiger partial charge on any atom is 0.338 e. The quantitative estimate of drug-likeness (QED) is 0.762. The van der Waals surface area contributed by atoms with Crippen molar-refractivity contribution < 1.29 is 23.8 Å². The fraction of sp³-hybridized carbons (Fsp3) is 0.435. The van der Waals surface area contributed by atoms with E-state index < -0.39 is 30.1 Å². The van der Waals surface area contributed by atoms with Gasteiger partial charge in [0.2, 0.25) is 0 Å². The number of carbonyl (C=O) groups excluding carboxylic acids is 2. The molecule has 1 aromatic carbocycles. The molecular formula is C23H26N2O5. The Labute approximate surface area is 175 Å². The first-order chi connectivity index (χ1) is 14.5. The van der Waals surface area contributed by atoms with Gasteiger partial charge in [-0.1, -0.05) is 36.2 Å². The number of esters is 1. The third-order valence-corrected chi connectivity index (χ3v) is 5.81. The molecule has 158 valence electrons. The maximum atomic E-state index is 12.9. The monoisotopic (exact) mass is 410 g/mol. The smallest absolute Gasteiger partial charge is 0.338 e. The van der Waals surface area contributed by atoms with Gasteiger partial charge < -0.3 is 14.3 Å². The van der Waals surface area contributed by atoms with Crippen molar-refractivity contribution in [2.45, 2.75) is 57.1 Å². The molecule has 2 heterocycles. The van der Waals surface area contributed by atoms with Gasteiger partial charge in [0.25, 0.3) is 5.91 Å². The van der Waals surface area contributed by atoms with E-state index in [1.807, 2.05) is 31.2 Å². The van der Waals surface area contributed by atoms with Crippen LogP contribution in [-0.4, -0.2) is 39.9 Å². The fourth-order valence-electron chi connectivity index (χ4n) is 4.03. The molecule has 1 atom stereocenters. The van der Waals surface area contributed by atoms with Crippen LogP contribution < -0.4 is 0 Å². The minimum atomic E-state index is -1.49. The van der Waals surface area contributed by atoms with E-state index in [-0.39, 0.29) is 0 Å². The molecule has 2 aliphatic rings. The number of hydrazone groups is 1. The first kappa shape index (κ1) is 20.3. The predicted octanol–water partition coefficient (Wildman–Crippen LogP) is 3.50. The Morgan fingerprint density at radius 2 is 1.93 bits per heavy atom. The Hall–Kier alpha value is -2.93.